The van der Waals surface area contributed by atoms with Gasteiger partial charge >= 0.3 is 5.63 Å². The summed E-state index contributed by atoms with van der Waals surface area (Å²) in [6, 6.07) is 11.9. The van der Waals surface area contributed by atoms with Gasteiger partial charge in [-0.25, -0.2) is 4.79 Å². The Morgan fingerprint density at radius 1 is 1.24 bits per heavy atom. The van der Waals surface area contributed by atoms with Crippen LogP contribution in [-0.2, 0) is 5.60 Å². The minimum Gasteiger partial charge on any atom is -0.466 e. The van der Waals surface area contributed by atoms with Crippen molar-refractivity contribution in [2.24, 2.45) is 5.92 Å². The van der Waals surface area contributed by atoms with E-state index >= 15 is 0 Å². The van der Waals surface area contributed by atoms with Crippen LogP contribution in [0.3, 0.4) is 0 Å². The van der Waals surface area contributed by atoms with Crippen molar-refractivity contribution in [1.29, 1.82) is 0 Å². The molecule has 128 valence electrons. The Morgan fingerprint density at radius 3 is 2.76 bits per heavy atom. The molecule has 2 heterocycles. The number of rotatable bonds is 5. The van der Waals surface area contributed by atoms with Crippen LogP contribution in [0, 0.1) is 5.92 Å². The summed E-state index contributed by atoms with van der Waals surface area (Å²) < 4.78 is 10.5. The summed E-state index contributed by atoms with van der Waals surface area (Å²) in [6.07, 6.45) is 3.22. The first kappa shape index (κ1) is 15.7. The lowest BCUT2D eigenvalue weighted by Gasteiger charge is -2.26. The van der Waals surface area contributed by atoms with Crippen LogP contribution in [-0.4, -0.2) is 17.6 Å². The normalized spacial score (nSPS) is 16.5. The maximum atomic E-state index is 12.5. The predicted molar refractivity (Wildman–Crippen MR) is 90.1 cm³/mol. The molecule has 3 aromatic rings. The van der Waals surface area contributed by atoms with E-state index < -0.39 is 17.1 Å². The summed E-state index contributed by atoms with van der Waals surface area (Å²) in [6.45, 7) is -0.0315. The Labute approximate surface area is 143 Å². The van der Waals surface area contributed by atoms with Crippen molar-refractivity contribution in [3.05, 3.63) is 70.5 Å². The number of hydrogen-bond donors (Lipinski definition) is 2. The molecule has 2 aromatic heterocycles. The second-order valence-electron chi connectivity index (χ2n) is 6.34. The van der Waals surface area contributed by atoms with Gasteiger partial charge in [0.15, 0.2) is 0 Å². The first-order valence-electron chi connectivity index (χ1n) is 8.15. The Hall–Kier alpha value is -2.86. The van der Waals surface area contributed by atoms with Crippen LogP contribution in [0.5, 0.6) is 0 Å². The summed E-state index contributed by atoms with van der Waals surface area (Å²) in [5, 5.41) is 14.2. The minimum absolute atomic E-state index is 0.0315. The van der Waals surface area contributed by atoms with Gasteiger partial charge in [0.2, 0.25) is 0 Å². The first-order valence-corrected chi connectivity index (χ1v) is 8.15. The molecule has 6 heteroatoms. The first-order chi connectivity index (χ1) is 12.1. The quantitative estimate of drug-likeness (QED) is 0.696. The third kappa shape index (κ3) is 2.85. The Bertz CT molecular complexity index is 971. The van der Waals surface area contributed by atoms with Crippen LogP contribution in [0.2, 0.25) is 0 Å². The van der Waals surface area contributed by atoms with Crippen LogP contribution in [0.4, 0.5) is 0 Å². The lowest BCUT2D eigenvalue weighted by Crippen LogP contribution is -2.43. The molecule has 4 rings (SSSR count). The topological polar surface area (TPSA) is 92.7 Å². The molecule has 0 spiro atoms. The molecule has 1 amide bonds. The van der Waals surface area contributed by atoms with E-state index in [1.54, 1.807) is 36.4 Å². The number of carbonyl (C=O) groups excluding carboxylic acids is 1. The van der Waals surface area contributed by atoms with Crippen molar-refractivity contribution in [3.63, 3.8) is 0 Å². The average Bonchev–Trinajstić information content (AvgIpc) is 3.33. The second-order valence-corrected chi connectivity index (χ2v) is 6.34. The van der Waals surface area contributed by atoms with E-state index in [2.05, 4.69) is 5.32 Å². The summed E-state index contributed by atoms with van der Waals surface area (Å²) >= 11 is 0. The number of aliphatic hydroxyl groups is 1. The van der Waals surface area contributed by atoms with E-state index in [0.29, 0.717) is 16.7 Å². The van der Waals surface area contributed by atoms with Gasteiger partial charge in [-0.3, -0.25) is 4.79 Å². The SMILES string of the molecule is O=C(NC[C@](O)(c1ccco1)C1CC1)c1cc2ccccc2oc1=O. The van der Waals surface area contributed by atoms with Gasteiger partial charge in [0.25, 0.3) is 5.91 Å². The maximum absolute atomic E-state index is 12.5. The zero-order chi connectivity index (χ0) is 17.4. The van der Waals surface area contributed by atoms with Gasteiger partial charge in [0.1, 0.15) is 22.5 Å². The number of fused-ring (bicyclic) bond motifs is 1. The van der Waals surface area contributed by atoms with Gasteiger partial charge in [-0.05, 0) is 43.0 Å². The van der Waals surface area contributed by atoms with E-state index in [1.807, 2.05) is 0 Å². The number of nitrogens with one attached hydrogen (secondary N) is 1. The average molecular weight is 339 g/mol. The molecule has 6 nitrogen and oxygen atoms in total. The number of furan rings is 1. The molecule has 1 saturated carbocycles. The van der Waals surface area contributed by atoms with Gasteiger partial charge in [0.05, 0.1) is 12.8 Å². The standard InChI is InChI=1S/C19H17NO5/c21-17(14-10-12-4-1-2-5-15(12)25-18(14)22)20-11-19(23,13-7-8-13)16-6-3-9-24-16/h1-6,9-10,13,23H,7-8,11H2,(H,20,21)/t19-/m1/s1. The van der Waals surface area contributed by atoms with E-state index in [4.69, 9.17) is 8.83 Å². The van der Waals surface area contributed by atoms with E-state index in [0.717, 1.165) is 12.8 Å². The van der Waals surface area contributed by atoms with Gasteiger partial charge in [-0.2, -0.15) is 0 Å². The fourth-order valence-electron chi connectivity index (χ4n) is 3.05. The minimum atomic E-state index is -1.27. The Morgan fingerprint density at radius 2 is 2.04 bits per heavy atom. The second kappa shape index (κ2) is 5.89. The maximum Gasteiger partial charge on any atom is 0.349 e. The van der Waals surface area contributed by atoms with Crippen LogP contribution in [0.1, 0.15) is 29.0 Å². The third-order valence-electron chi connectivity index (χ3n) is 4.61. The molecule has 25 heavy (non-hydrogen) atoms. The van der Waals surface area contributed by atoms with Crippen molar-refractivity contribution in [3.8, 4) is 0 Å². The highest BCUT2D eigenvalue weighted by Crippen LogP contribution is 2.45. The van der Waals surface area contributed by atoms with E-state index in [1.165, 1.54) is 12.3 Å². The largest absolute Gasteiger partial charge is 0.466 e. The molecule has 1 aromatic carbocycles. The van der Waals surface area contributed by atoms with Crippen molar-refractivity contribution in [2.45, 2.75) is 18.4 Å². The number of carbonyl (C=O) groups is 1. The summed E-state index contributed by atoms with van der Waals surface area (Å²) in [5.74, 6) is -0.127. The number of benzene rings is 1. The molecular weight excluding hydrogens is 322 g/mol. The van der Waals surface area contributed by atoms with E-state index in [-0.39, 0.29) is 18.0 Å². The summed E-state index contributed by atoms with van der Waals surface area (Å²) in [4.78, 5) is 24.5. The van der Waals surface area contributed by atoms with Crippen LogP contribution < -0.4 is 10.9 Å². The monoisotopic (exact) mass is 339 g/mol. The smallest absolute Gasteiger partial charge is 0.349 e. The highest BCUT2D eigenvalue weighted by atomic mass is 16.4. The van der Waals surface area contributed by atoms with Gasteiger partial charge in [0, 0.05) is 5.39 Å². The van der Waals surface area contributed by atoms with Crippen molar-refractivity contribution in [1.82, 2.24) is 5.32 Å². The van der Waals surface area contributed by atoms with Crippen LogP contribution in [0.15, 0.2) is 62.4 Å². The van der Waals surface area contributed by atoms with Gasteiger partial charge in [-0.15, -0.1) is 0 Å². The molecule has 0 unspecified atom stereocenters. The number of para-hydroxylation sites is 1. The molecule has 1 atom stereocenters. The lowest BCUT2D eigenvalue weighted by molar-refractivity contribution is -0.00613. The number of hydrogen-bond acceptors (Lipinski definition) is 5. The molecule has 1 aliphatic rings. The molecule has 0 bridgehead atoms. The van der Waals surface area contributed by atoms with Crippen LogP contribution in [0.25, 0.3) is 11.0 Å². The highest BCUT2D eigenvalue weighted by Gasteiger charge is 2.47. The Balaban J connectivity index is 1.58. The molecule has 2 N–H and O–H groups in total. The van der Waals surface area contributed by atoms with Crippen LogP contribution >= 0.6 is 0 Å². The predicted octanol–water partition coefficient (Wildman–Crippen LogP) is 2.41. The summed E-state index contributed by atoms with van der Waals surface area (Å²) in [7, 11) is 0. The molecule has 1 fully saturated rings. The molecule has 0 saturated heterocycles. The fraction of sp³-hybridized carbons (Fsp3) is 0.263. The molecular formula is C19H17NO5. The molecule has 1 aliphatic carbocycles. The van der Waals surface area contributed by atoms with Crippen molar-refractivity contribution < 1.29 is 18.7 Å². The number of amides is 1. The molecule has 0 radical (unpaired) electrons. The van der Waals surface area contributed by atoms with Crippen molar-refractivity contribution >= 4 is 16.9 Å². The third-order valence-corrected chi connectivity index (χ3v) is 4.61. The van der Waals surface area contributed by atoms with Gasteiger partial charge in [-0.1, -0.05) is 18.2 Å². The van der Waals surface area contributed by atoms with E-state index in [9.17, 15) is 14.7 Å². The fourth-order valence-corrected chi connectivity index (χ4v) is 3.05. The van der Waals surface area contributed by atoms with Crippen molar-refractivity contribution in [2.75, 3.05) is 6.54 Å². The Kier molecular flexibility index (Phi) is 3.69. The van der Waals surface area contributed by atoms with Gasteiger partial charge < -0.3 is 19.3 Å². The highest BCUT2D eigenvalue weighted by molar-refractivity contribution is 5.96. The zero-order valence-electron chi connectivity index (χ0n) is 13.4. The lowest BCUT2D eigenvalue weighted by atomic mass is 9.94. The summed E-state index contributed by atoms with van der Waals surface area (Å²) in [5.41, 5.74) is -1.63. The zero-order valence-corrected chi connectivity index (χ0v) is 13.4. The molecule has 0 aliphatic heterocycles.